The first-order valence-corrected chi connectivity index (χ1v) is 6.57. The number of anilines is 2. The SMILES string of the molecule is Nc1ccccc1NC1c2ccccc2-n2cncc21. The molecule has 4 heteroatoms. The summed E-state index contributed by atoms with van der Waals surface area (Å²) < 4.78 is 2.12. The lowest BCUT2D eigenvalue weighted by Crippen LogP contribution is -2.10. The molecule has 0 amide bonds. The lowest BCUT2D eigenvalue weighted by Gasteiger charge is -2.16. The Morgan fingerprint density at radius 2 is 1.85 bits per heavy atom. The molecule has 2 heterocycles. The first kappa shape index (κ1) is 11.1. The summed E-state index contributed by atoms with van der Waals surface area (Å²) in [4.78, 5) is 4.25. The lowest BCUT2D eigenvalue weighted by atomic mass is 10.1. The van der Waals surface area contributed by atoms with Gasteiger partial charge in [-0.1, -0.05) is 30.3 Å². The highest BCUT2D eigenvalue weighted by Crippen LogP contribution is 2.38. The highest BCUT2D eigenvalue weighted by molar-refractivity contribution is 5.68. The van der Waals surface area contributed by atoms with E-state index in [1.54, 1.807) is 0 Å². The van der Waals surface area contributed by atoms with Crippen molar-refractivity contribution in [3.63, 3.8) is 0 Å². The fourth-order valence-electron chi connectivity index (χ4n) is 2.77. The number of imidazole rings is 1. The number of aromatic nitrogens is 2. The van der Waals surface area contributed by atoms with Crippen LogP contribution in [-0.4, -0.2) is 9.55 Å². The third kappa shape index (κ3) is 1.51. The van der Waals surface area contributed by atoms with Crippen LogP contribution in [0.15, 0.2) is 61.1 Å². The van der Waals surface area contributed by atoms with Gasteiger partial charge in [-0.25, -0.2) is 4.98 Å². The second-order valence-electron chi connectivity index (χ2n) is 4.91. The third-order valence-electron chi connectivity index (χ3n) is 3.73. The van der Waals surface area contributed by atoms with Gasteiger partial charge in [-0.3, -0.25) is 0 Å². The predicted octanol–water partition coefficient (Wildman–Crippen LogP) is 2.97. The Bertz CT molecular complexity index is 775. The van der Waals surface area contributed by atoms with Crippen LogP contribution in [0.5, 0.6) is 0 Å². The minimum Gasteiger partial charge on any atom is -0.397 e. The Morgan fingerprint density at radius 1 is 1.05 bits per heavy atom. The molecule has 1 aliphatic heterocycles. The van der Waals surface area contributed by atoms with Crippen molar-refractivity contribution < 1.29 is 0 Å². The molecule has 0 radical (unpaired) electrons. The van der Waals surface area contributed by atoms with E-state index in [1.165, 1.54) is 11.3 Å². The van der Waals surface area contributed by atoms with Gasteiger partial charge in [-0.2, -0.15) is 0 Å². The normalized spacial score (nSPS) is 15.7. The van der Waals surface area contributed by atoms with E-state index in [-0.39, 0.29) is 6.04 Å². The Hall–Kier alpha value is -2.75. The number of hydrogen-bond donors (Lipinski definition) is 2. The Labute approximate surface area is 116 Å². The summed E-state index contributed by atoms with van der Waals surface area (Å²) in [6.45, 7) is 0. The van der Waals surface area contributed by atoms with E-state index in [0.29, 0.717) is 0 Å². The van der Waals surface area contributed by atoms with Gasteiger partial charge < -0.3 is 15.6 Å². The molecule has 1 unspecified atom stereocenters. The van der Waals surface area contributed by atoms with Crippen LogP contribution in [0.4, 0.5) is 11.4 Å². The van der Waals surface area contributed by atoms with Crippen molar-refractivity contribution in [2.75, 3.05) is 11.1 Å². The summed E-state index contributed by atoms with van der Waals surface area (Å²) in [5, 5.41) is 3.52. The van der Waals surface area contributed by atoms with Gasteiger partial charge in [-0.15, -0.1) is 0 Å². The van der Waals surface area contributed by atoms with Crippen LogP contribution in [0, 0.1) is 0 Å². The van der Waals surface area contributed by atoms with Crippen LogP contribution in [0.2, 0.25) is 0 Å². The number of nitrogens with one attached hydrogen (secondary N) is 1. The number of nitrogens with zero attached hydrogens (tertiary/aromatic N) is 2. The molecule has 20 heavy (non-hydrogen) atoms. The fraction of sp³-hybridized carbons (Fsp3) is 0.0625. The second-order valence-corrected chi connectivity index (χ2v) is 4.91. The van der Waals surface area contributed by atoms with Gasteiger partial charge in [-0.05, 0) is 18.2 Å². The van der Waals surface area contributed by atoms with Crippen LogP contribution >= 0.6 is 0 Å². The molecule has 98 valence electrons. The summed E-state index contributed by atoms with van der Waals surface area (Å²) >= 11 is 0. The Kier molecular flexibility index (Phi) is 2.29. The fourth-order valence-corrected chi connectivity index (χ4v) is 2.77. The van der Waals surface area contributed by atoms with E-state index < -0.39 is 0 Å². The summed E-state index contributed by atoms with van der Waals surface area (Å²) in [6.07, 6.45) is 3.75. The lowest BCUT2D eigenvalue weighted by molar-refractivity contribution is 0.924. The molecule has 0 fully saturated rings. The van der Waals surface area contributed by atoms with E-state index in [4.69, 9.17) is 5.73 Å². The van der Waals surface area contributed by atoms with Crippen molar-refractivity contribution >= 4 is 11.4 Å². The maximum atomic E-state index is 6.03. The summed E-state index contributed by atoms with van der Waals surface area (Å²) in [6, 6.07) is 16.2. The van der Waals surface area contributed by atoms with Gasteiger partial charge in [0.05, 0.1) is 41.3 Å². The molecule has 0 spiro atoms. The maximum absolute atomic E-state index is 6.03. The zero-order valence-electron chi connectivity index (χ0n) is 10.8. The average Bonchev–Trinajstić information content (AvgIpc) is 3.04. The van der Waals surface area contributed by atoms with Gasteiger partial charge >= 0.3 is 0 Å². The molecule has 0 saturated carbocycles. The number of rotatable bonds is 2. The minimum absolute atomic E-state index is 0.0819. The van der Waals surface area contributed by atoms with Crippen LogP contribution < -0.4 is 11.1 Å². The third-order valence-corrected chi connectivity index (χ3v) is 3.73. The highest BCUT2D eigenvalue weighted by atomic mass is 15.1. The van der Waals surface area contributed by atoms with Crippen molar-refractivity contribution in [1.29, 1.82) is 0 Å². The minimum atomic E-state index is 0.0819. The van der Waals surface area contributed by atoms with E-state index in [9.17, 15) is 0 Å². The first-order chi connectivity index (χ1) is 9.84. The molecule has 4 nitrogen and oxygen atoms in total. The maximum Gasteiger partial charge on any atom is 0.0995 e. The van der Waals surface area contributed by atoms with Crippen LogP contribution in [0.3, 0.4) is 0 Å². The largest absolute Gasteiger partial charge is 0.397 e. The highest BCUT2D eigenvalue weighted by Gasteiger charge is 2.28. The number of benzene rings is 2. The molecule has 1 aliphatic rings. The first-order valence-electron chi connectivity index (χ1n) is 6.57. The summed E-state index contributed by atoms with van der Waals surface area (Å²) in [5.41, 5.74) is 11.3. The molecular formula is C16H14N4. The molecule has 1 atom stereocenters. The molecule has 4 rings (SSSR count). The number of hydrogen-bond acceptors (Lipinski definition) is 3. The summed E-state index contributed by atoms with van der Waals surface area (Å²) in [5.74, 6) is 0. The van der Waals surface area contributed by atoms with Crippen molar-refractivity contribution in [3.8, 4) is 5.69 Å². The zero-order chi connectivity index (χ0) is 13.5. The predicted molar refractivity (Wildman–Crippen MR) is 79.9 cm³/mol. The van der Waals surface area contributed by atoms with Gasteiger partial charge in [0.25, 0.3) is 0 Å². The van der Waals surface area contributed by atoms with Crippen molar-refractivity contribution in [2.45, 2.75) is 6.04 Å². The molecule has 3 aromatic rings. The number of nitrogen functional groups attached to an aromatic ring is 1. The number of fused-ring (bicyclic) bond motifs is 3. The average molecular weight is 262 g/mol. The van der Waals surface area contributed by atoms with Crippen molar-refractivity contribution in [1.82, 2.24) is 9.55 Å². The monoisotopic (exact) mass is 262 g/mol. The smallest absolute Gasteiger partial charge is 0.0995 e. The van der Waals surface area contributed by atoms with Gasteiger partial charge in [0, 0.05) is 5.56 Å². The molecule has 2 aromatic carbocycles. The van der Waals surface area contributed by atoms with Crippen LogP contribution in [0.25, 0.3) is 5.69 Å². The molecular weight excluding hydrogens is 248 g/mol. The van der Waals surface area contributed by atoms with Crippen LogP contribution in [0.1, 0.15) is 17.3 Å². The van der Waals surface area contributed by atoms with E-state index in [2.05, 4.69) is 33.1 Å². The molecule has 3 N–H and O–H groups in total. The second kappa shape index (κ2) is 4.13. The molecule has 0 aliphatic carbocycles. The number of para-hydroxylation sites is 3. The van der Waals surface area contributed by atoms with Gasteiger partial charge in [0.15, 0.2) is 0 Å². The van der Waals surface area contributed by atoms with Crippen LogP contribution in [-0.2, 0) is 0 Å². The molecule has 0 saturated heterocycles. The van der Waals surface area contributed by atoms with Crippen molar-refractivity contribution in [3.05, 3.63) is 72.3 Å². The number of nitrogens with two attached hydrogens (primary N) is 1. The van der Waals surface area contributed by atoms with E-state index in [1.807, 2.05) is 42.9 Å². The molecule has 1 aromatic heterocycles. The van der Waals surface area contributed by atoms with E-state index in [0.717, 1.165) is 17.1 Å². The standard InChI is InChI=1S/C16H14N4/c17-12-6-2-3-7-13(12)19-16-11-5-1-4-8-14(11)20-10-18-9-15(16)20/h1-10,16,19H,17H2. The Morgan fingerprint density at radius 3 is 2.75 bits per heavy atom. The van der Waals surface area contributed by atoms with Gasteiger partial charge in [0.2, 0.25) is 0 Å². The quantitative estimate of drug-likeness (QED) is 0.698. The zero-order valence-corrected chi connectivity index (χ0v) is 10.8. The van der Waals surface area contributed by atoms with E-state index >= 15 is 0 Å². The topological polar surface area (TPSA) is 55.9 Å². The van der Waals surface area contributed by atoms with Crippen molar-refractivity contribution in [2.24, 2.45) is 0 Å². The van der Waals surface area contributed by atoms with Gasteiger partial charge in [0.1, 0.15) is 0 Å². The Balaban J connectivity index is 1.81. The molecule has 0 bridgehead atoms. The summed E-state index contributed by atoms with van der Waals surface area (Å²) in [7, 11) is 0.